The molecule has 7 rings (SSSR count). The number of amides is 3. The lowest BCUT2D eigenvalue weighted by molar-refractivity contribution is -0.151. The van der Waals surface area contributed by atoms with Crippen molar-refractivity contribution in [3.8, 4) is 0 Å². The van der Waals surface area contributed by atoms with E-state index in [2.05, 4.69) is 0 Å². The normalized spacial score (nSPS) is 27.1. The van der Waals surface area contributed by atoms with E-state index < -0.39 is 31.6 Å². The molecule has 0 aliphatic carbocycles. The first kappa shape index (κ1) is 32.7. The maximum atomic E-state index is 16.4. The van der Waals surface area contributed by atoms with Gasteiger partial charge in [0.05, 0.1) is 37.4 Å². The molecule has 10 heteroatoms. The maximum absolute atomic E-state index is 16.4. The number of hydrogen-bond acceptors (Lipinski definition) is 5. The predicted octanol–water partition coefficient (Wildman–Crippen LogP) is 5.86. The molecule has 3 aromatic rings. The molecule has 2 fully saturated rings. The van der Waals surface area contributed by atoms with Crippen LogP contribution in [0.25, 0.3) is 0 Å². The number of aliphatic hydroxyl groups excluding tert-OH is 1. The minimum atomic E-state index is -3.48. The summed E-state index contributed by atoms with van der Waals surface area (Å²) in [6, 6.07) is 22.9. The third kappa shape index (κ3) is 5.47. The zero-order chi connectivity index (χ0) is 33.8. The van der Waals surface area contributed by atoms with E-state index in [1.165, 1.54) is 0 Å². The number of carbonyl (C=O) groups excluding carboxylic acids is 3. The average molecular weight is 670 g/mol. The number of carbonyl (C=O) groups is 3. The van der Waals surface area contributed by atoms with Gasteiger partial charge in [-0.1, -0.05) is 61.5 Å². The molecule has 5 atom stereocenters. The van der Waals surface area contributed by atoms with Gasteiger partial charge >= 0.3 is 0 Å². The number of piperidine rings is 1. The highest BCUT2D eigenvalue weighted by molar-refractivity contribution is 6.72. The Kier molecular flexibility index (Phi) is 8.54. The van der Waals surface area contributed by atoms with Gasteiger partial charge in [0, 0.05) is 42.2 Å². The summed E-state index contributed by atoms with van der Waals surface area (Å²) < 4.78 is 23.2. The number of ether oxygens (including phenoxy) is 1. The van der Waals surface area contributed by atoms with Crippen LogP contribution in [0.2, 0.25) is 18.6 Å². The lowest BCUT2D eigenvalue weighted by atomic mass is 9.82. The number of fused-ring (bicyclic) bond motifs is 3. The Balaban J connectivity index is 1.19. The molecule has 0 saturated carbocycles. The molecule has 48 heavy (non-hydrogen) atoms. The maximum Gasteiger partial charge on any atom is 0.264 e. The van der Waals surface area contributed by atoms with Gasteiger partial charge < -0.3 is 28.7 Å². The first-order chi connectivity index (χ1) is 23.0. The van der Waals surface area contributed by atoms with Crippen LogP contribution in [0.4, 0.5) is 15.5 Å². The smallest absolute Gasteiger partial charge is 0.264 e. The Labute approximate surface area is 282 Å². The fourth-order valence-electron chi connectivity index (χ4n) is 8.77. The van der Waals surface area contributed by atoms with Crippen LogP contribution in [-0.4, -0.2) is 61.4 Å². The van der Waals surface area contributed by atoms with Gasteiger partial charge in [-0.05, 0) is 67.2 Å². The van der Waals surface area contributed by atoms with Gasteiger partial charge in [-0.2, -0.15) is 0 Å². The summed E-state index contributed by atoms with van der Waals surface area (Å²) in [6.45, 7) is 6.31. The van der Waals surface area contributed by atoms with E-state index in [0.717, 1.165) is 35.2 Å². The standard InChI is InChI=1S/C38H44FN3O5Si/c1-25-36(48(2,3)39)33(21-35(45)41-23-28-13-5-4-12-27(28)20-30(41)24-43)47-38(25)31-15-6-7-16-32(31)42(37(38)46)22-26-11-10-14-29(19-26)40-18-9-8-17-34(40)44/h4-7,10-16,19,25,30,33,36,43H,8-9,17-18,20-24H2,1-3H3/t25-,30-,33+,36-,38+/m0/s1. The third-order valence-corrected chi connectivity index (χ3v) is 13.5. The molecule has 4 aliphatic heterocycles. The molecule has 1 spiro atoms. The molecule has 3 aromatic carbocycles. The summed E-state index contributed by atoms with van der Waals surface area (Å²) in [7, 11) is -3.48. The molecule has 0 radical (unpaired) electrons. The number of halogens is 1. The summed E-state index contributed by atoms with van der Waals surface area (Å²) >= 11 is 0. The molecule has 3 amide bonds. The van der Waals surface area contributed by atoms with Gasteiger partial charge in [0.1, 0.15) is 0 Å². The number of benzene rings is 3. The molecular weight excluding hydrogens is 626 g/mol. The molecular formula is C38H44FN3O5Si. The van der Waals surface area contributed by atoms with Crippen molar-refractivity contribution in [1.82, 2.24) is 4.90 Å². The molecule has 0 unspecified atom stereocenters. The van der Waals surface area contributed by atoms with Crippen molar-refractivity contribution in [2.24, 2.45) is 5.92 Å². The highest BCUT2D eigenvalue weighted by Gasteiger charge is 2.67. The fourth-order valence-corrected chi connectivity index (χ4v) is 11.3. The SMILES string of the molecule is C[C@H]1[C@H]([Si](C)(C)F)[C@@H](CC(=O)N2Cc3ccccc3C[C@H]2CO)O[C@]12C(=O)N(Cc1cccc(N3CCCCC3=O)c1)c1ccccc12. The Morgan fingerprint density at radius 3 is 2.52 bits per heavy atom. The molecule has 8 nitrogen and oxygen atoms in total. The van der Waals surface area contributed by atoms with Crippen molar-refractivity contribution in [2.75, 3.05) is 23.0 Å². The van der Waals surface area contributed by atoms with Gasteiger partial charge in [-0.25, -0.2) is 0 Å². The van der Waals surface area contributed by atoms with Crippen molar-refractivity contribution in [3.63, 3.8) is 0 Å². The van der Waals surface area contributed by atoms with E-state index in [1.807, 2.05) is 84.6 Å². The van der Waals surface area contributed by atoms with Gasteiger partial charge in [0.15, 0.2) is 5.60 Å². The second kappa shape index (κ2) is 12.5. The first-order valence-electron chi connectivity index (χ1n) is 17.2. The van der Waals surface area contributed by atoms with Gasteiger partial charge in [0.2, 0.25) is 20.2 Å². The van der Waals surface area contributed by atoms with Crippen molar-refractivity contribution in [2.45, 2.75) is 88.5 Å². The van der Waals surface area contributed by atoms with E-state index >= 15 is 4.11 Å². The zero-order valence-electron chi connectivity index (χ0n) is 27.9. The zero-order valence-corrected chi connectivity index (χ0v) is 28.9. The van der Waals surface area contributed by atoms with E-state index in [9.17, 15) is 19.5 Å². The molecule has 4 heterocycles. The minimum absolute atomic E-state index is 0.0723. The van der Waals surface area contributed by atoms with Crippen molar-refractivity contribution < 1.29 is 28.3 Å². The second-order valence-electron chi connectivity index (χ2n) is 14.4. The van der Waals surface area contributed by atoms with Gasteiger partial charge in [-0.3, -0.25) is 14.4 Å². The monoisotopic (exact) mass is 669 g/mol. The predicted molar refractivity (Wildman–Crippen MR) is 185 cm³/mol. The topological polar surface area (TPSA) is 90.4 Å². The molecule has 252 valence electrons. The molecule has 0 aromatic heterocycles. The fraction of sp³-hybridized carbons (Fsp3) is 0.447. The van der Waals surface area contributed by atoms with E-state index in [0.29, 0.717) is 37.2 Å². The highest BCUT2D eigenvalue weighted by atomic mass is 28.4. The second-order valence-corrected chi connectivity index (χ2v) is 18.2. The van der Waals surface area contributed by atoms with Crippen LogP contribution in [0.3, 0.4) is 0 Å². The molecule has 1 N–H and O–H groups in total. The lowest BCUT2D eigenvalue weighted by Crippen LogP contribution is -2.48. The van der Waals surface area contributed by atoms with Crippen LogP contribution >= 0.6 is 0 Å². The number of anilines is 2. The van der Waals surface area contributed by atoms with E-state index in [1.54, 1.807) is 22.9 Å². The quantitative estimate of drug-likeness (QED) is 0.252. The molecule has 2 saturated heterocycles. The van der Waals surface area contributed by atoms with Crippen molar-refractivity contribution in [1.29, 1.82) is 0 Å². The summed E-state index contributed by atoms with van der Waals surface area (Å²) in [6.07, 6.45) is 2.05. The average Bonchev–Trinajstić information content (AvgIpc) is 3.50. The number of hydrogen-bond donors (Lipinski definition) is 1. The largest absolute Gasteiger partial charge is 0.394 e. The molecule has 0 bridgehead atoms. The number of para-hydroxylation sites is 1. The van der Waals surface area contributed by atoms with Gasteiger partial charge in [0.25, 0.3) is 5.91 Å². The Morgan fingerprint density at radius 1 is 1.02 bits per heavy atom. The van der Waals surface area contributed by atoms with Crippen molar-refractivity contribution >= 4 is 37.5 Å². The lowest BCUT2D eigenvalue weighted by Gasteiger charge is -2.37. The van der Waals surface area contributed by atoms with Crippen LogP contribution in [0.5, 0.6) is 0 Å². The number of rotatable bonds is 7. The van der Waals surface area contributed by atoms with Crippen LogP contribution in [0.15, 0.2) is 72.8 Å². The van der Waals surface area contributed by atoms with E-state index in [-0.39, 0.29) is 43.3 Å². The third-order valence-electron chi connectivity index (χ3n) is 11.0. The summed E-state index contributed by atoms with van der Waals surface area (Å²) in [4.78, 5) is 46.7. The Morgan fingerprint density at radius 2 is 1.77 bits per heavy atom. The minimum Gasteiger partial charge on any atom is -0.394 e. The van der Waals surface area contributed by atoms with Gasteiger partial charge in [-0.15, -0.1) is 0 Å². The van der Waals surface area contributed by atoms with Crippen LogP contribution in [-0.2, 0) is 44.2 Å². The first-order valence-corrected chi connectivity index (χ1v) is 20.1. The number of aliphatic hydroxyl groups is 1. The summed E-state index contributed by atoms with van der Waals surface area (Å²) in [5, 5.41) is 10.2. The molecule has 4 aliphatic rings. The summed E-state index contributed by atoms with van der Waals surface area (Å²) in [5.74, 6) is -0.875. The van der Waals surface area contributed by atoms with Crippen LogP contribution in [0, 0.1) is 5.92 Å². The Hall–Kier alpha value is -3.86. The van der Waals surface area contributed by atoms with Crippen molar-refractivity contribution in [3.05, 3.63) is 95.1 Å². The summed E-state index contributed by atoms with van der Waals surface area (Å²) in [5.41, 5.74) is 3.21. The van der Waals surface area contributed by atoms with Crippen LogP contribution < -0.4 is 9.80 Å². The highest BCUT2D eigenvalue weighted by Crippen LogP contribution is 2.60. The Bertz CT molecular complexity index is 1740. The van der Waals surface area contributed by atoms with E-state index in [4.69, 9.17) is 4.74 Å². The number of nitrogens with zero attached hydrogens (tertiary/aromatic N) is 3. The van der Waals surface area contributed by atoms with Crippen LogP contribution in [0.1, 0.15) is 54.9 Å².